The Morgan fingerprint density at radius 3 is 2.39 bits per heavy atom. The average molecular weight is 238 g/mol. The molecule has 0 bridgehead atoms. The summed E-state index contributed by atoms with van der Waals surface area (Å²) in [5, 5.41) is 0. The molecule has 0 N–H and O–H groups in total. The highest BCUT2D eigenvalue weighted by Gasteiger charge is 2.06. The van der Waals surface area contributed by atoms with E-state index in [1.807, 2.05) is 42.5 Å². The third kappa shape index (κ3) is 1.91. The molecule has 0 aliphatic rings. The molecule has 1 heterocycles. The number of aromatic nitrogens is 2. The van der Waals surface area contributed by atoms with Crippen LogP contribution < -0.4 is 0 Å². The number of para-hydroxylation sites is 2. The molecule has 3 rings (SSSR count). The molecule has 0 unspecified atom stereocenters. The third-order valence-electron chi connectivity index (χ3n) is 2.75. The first kappa shape index (κ1) is 10.7. The second-order valence-corrected chi connectivity index (χ2v) is 3.98. The van der Waals surface area contributed by atoms with E-state index in [9.17, 15) is 4.48 Å². The van der Waals surface area contributed by atoms with E-state index in [-0.39, 0.29) is 0 Å². The maximum absolute atomic E-state index is 13.9. The monoisotopic (exact) mass is 238 g/mol. The molecule has 3 heteroatoms. The van der Waals surface area contributed by atoms with E-state index in [4.69, 9.17) is 0 Å². The molecule has 1 aromatic heterocycles. The van der Waals surface area contributed by atoms with Crippen molar-refractivity contribution >= 4 is 23.2 Å². The van der Waals surface area contributed by atoms with Gasteiger partial charge >= 0.3 is 0 Å². The van der Waals surface area contributed by atoms with Crippen LogP contribution in [0.25, 0.3) is 23.2 Å². The Hall–Kier alpha value is -2.42. The van der Waals surface area contributed by atoms with Gasteiger partial charge in [-0.05, 0) is 23.8 Å². The van der Waals surface area contributed by atoms with Crippen molar-refractivity contribution in [2.45, 2.75) is 0 Å². The summed E-state index contributed by atoms with van der Waals surface area (Å²) in [6.45, 7) is 0. The van der Waals surface area contributed by atoms with Crippen LogP contribution in [0, 0.1) is 0 Å². The van der Waals surface area contributed by atoms with Crippen LogP contribution in [0.15, 0.2) is 54.6 Å². The lowest BCUT2D eigenvalue weighted by Crippen LogP contribution is -1.85. The second kappa shape index (κ2) is 4.45. The lowest BCUT2D eigenvalue weighted by molar-refractivity contribution is 0.381. The van der Waals surface area contributed by atoms with E-state index in [0.29, 0.717) is 21.6 Å². The molecule has 0 aliphatic heterocycles. The molecule has 2 aromatic carbocycles. The van der Waals surface area contributed by atoms with Crippen molar-refractivity contribution in [2.75, 3.05) is 0 Å². The highest BCUT2D eigenvalue weighted by atomic mass is 19.2. The molecular weight excluding hydrogens is 227 g/mol. The van der Waals surface area contributed by atoms with Gasteiger partial charge in [-0.2, -0.15) is 4.79 Å². The number of rotatable bonds is 2. The number of benzene rings is 2. The van der Waals surface area contributed by atoms with E-state index in [1.165, 1.54) is 0 Å². The van der Waals surface area contributed by atoms with Crippen molar-refractivity contribution in [2.24, 2.45) is 0 Å². The van der Waals surface area contributed by atoms with E-state index < -0.39 is 0 Å². The first-order valence-electron chi connectivity index (χ1n) is 5.71. The third-order valence-corrected chi connectivity index (χ3v) is 2.75. The fraction of sp³-hybridized carbons (Fsp3) is 0. The zero-order valence-electron chi connectivity index (χ0n) is 9.62. The van der Waals surface area contributed by atoms with Crippen LogP contribution >= 0.6 is 0 Å². The summed E-state index contributed by atoms with van der Waals surface area (Å²) < 4.78 is 13.9. The Balaban J connectivity index is 2.00. The number of halogens is 1. The summed E-state index contributed by atoms with van der Waals surface area (Å²) in [5.41, 5.74) is 2.17. The number of hydrogen-bond donors (Lipinski definition) is 0. The largest absolute Gasteiger partial charge is 0.226 e. The minimum absolute atomic E-state index is 0.306. The number of imidazole rings is 1. The second-order valence-electron chi connectivity index (χ2n) is 3.98. The molecular formula is C15H11FN2. The molecule has 2 nitrogen and oxygen atoms in total. The van der Waals surface area contributed by atoms with Crippen LogP contribution in [-0.2, 0) is 0 Å². The Kier molecular flexibility index (Phi) is 2.65. The predicted molar refractivity (Wildman–Crippen MR) is 71.6 cm³/mol. The average Bonchev–Trinajstić information content (AvgIpc) is 2.75. The Morgan fingerprint density at radius 2 is 1.61 bits per heavy atom. The minimum Gasteiger partial charge on any atom is -0.226 e. The molecule has 0 saturated carbocycles. The molecule has 18 heavy (non-hydrogen) atoms. The molecule has 0 atom stereocenters. The van der Waals surface area contributed by atoms with Gasteiger partial charge < -0.3 is 0 Å². The number of nitrogens with zero attached hydrogens (tertiary/aromatic N) is 2. The van der Waals surface area contributed by atoms with Crippen molar-refractivity contribution < 1.29 is 4.48 Å². The summed E-state index contributed by atoms with van der Waals surface area (Å²) in [6, 6.07) is 16.9. The van der Waals surface area contributed by atoms with Gasteiger partial charge in [0.05, 0.1) is 5.52 Å². The fourth-order valence-corrected chi connectivity index (χ4v) is 1.85. The van der Waals surface area contributed by atoms with Gasteiger partial charge in [0.15, 0.2) is 5.82 Å². The lowest BCUT2D eigenvalue weighted by Gasteiger charge is -1.92. The topological polar surface area (TPSA) is 17.8 Å². The lowest BCUT2D eigenvalue weighted by atomic mass is 10.2. The zero-order chi connectivity index (χ0) is 12.4. The van der Waals surface area contributed by atoms with Crippen molar-refractivity contribution in [3.05, 3.63) is 66.0 Å². The van der Waals surface area contributed by atoms with Gasteiger partial charge in [-0.1, -0.05) is 53.0 Å². The van der Waals surface area contributed by atoms with Crippen molar-refractivity contribution in [1.82, 2.24) is 9.77 Å². The Labute approximate surface area is 104 Å². The maximum atomic E-state index is 13.9. The molecule has 88 valence electrons. The van der Waals surface area contributed by atoms with Crippen LogP contribution in [0.2, 0.25) is 0 Å². The first-order chi connectivity index (χ1) is 8.84. The fourth-order valence-electron chi connectivity index (χ4n) is 1.85. The van der Waals surface area contributed by atoms with E-state index in [2.05, 4.69) is 4.98 Å². The molecule has 3 aromatic rings. The number of fused-ring (bicyclic) bond motifs is 1. The molecule has 0 spiro atoms. The van der Waals surface area contributed by atoms with Gasteiger partial charge in [0.2, 0.25) is 0 Å². The van der Waals surface area contributed by atoms with E-state index >= 15 is 0 Å². The van der Waals surface area contributed by atoms with Crippen molar-refractivity contribution in [3.8, 4) is 0 Å². The van der Waals surface area contributed by atoms with Gasteiger partial charge in [0.1, 0.15) is 5.52 Å². The molecule has 0 radical (unpaired) electrons. The van der Waals surface area contributed by atoms with Gasteiger partial charge in [0, 0.05) is 0 Å². The Morgan fingerprint density at radius 1 is 0.889 bits per heavy atom. The molecule has 0 fully saturated rings. The zero-order valence-corrected chi connectivity index (χ0v) is 9.62. The maximum Gasteiger partial charge on any atom is 0.163 e. The van der Waals surface area contributed by atoms with Gasteiger partial charge in [-0.15, -0.1) is 0 Å². The quantitative estimate of drug-likeness (QED) is 0.661. The predicted octanol–water partition coefficient (Wildman–Crippen LogP) is 3.94. The number of hydrogen-bond acceptors (Lipinski definition) is 1. The first-order valence-corrected chi connectivity index (χ1v) is 5.71. The summed E-state index contributed by atoms with van der Waals surface area (Å²) in [6.07, 6.45) is 3.52. The van der Waals surface area contributed by atoms with Gasteiger partial charge in [-0.25, -0.2) is 4.98 Å². The summed E-state index contributed by atoms with van der Waals surface area (Å²) in [4.78, 5) is 4.83. The molecule has 0 aliphatic carbocycles. The standard InChI is InChI=1S/C15H11FN2/c16-18-14-9-5-4-8-13(14)17-15(18)11-10-12-6-2-1-3-7-12/h1-11H. The highest BCUT2D eigenvalue weighted by Crippen LogP contribution is 2.17. The van der Waals surface area contributed by atoms with Crippen LogP contribution in [0.3, 0.4) is 0 Å². The van der Waals surface area contributed by atoms with Gasteiger partial charge in [-0.3, -0.25) is 0 Å². The van der Waals surface area contributed by atoms with Crippen LogP contribution in [-0.4, -0.2) is 9.77 Å². The van der Waals surface area contributed by atoms with E-state index in [1.54, 1.807) is 24.3 Å². The minimum atomic E-state index is 0.306. The molecule has 0 saturated heterocycles. The van der Waals surface area contributed by atoms with E-state index in [0.717, 1.165) is 5.56 Å². The van der Waals surface area contributed by atoms with Crippen molar-refractivity contribution in [1.29, 1.82) is 0 Å². The summed E-state index contributed by atoms with van der Waals surface area (Å²) >= 11 is 0. The Bertz CT molecular complexity index is 699. The summed E-state index contributed by atoms with van der Waals surface area (Å²) in [5.74, 6) is 0.306. The van der Waals surface area contributed by atoms with Crippen LogP contribution in [0.1, 0.15) is 11.4 Å². The van der Waals surface area contributed by atoms with Crippen LogP contribution in [0.5, 0.6) is 0 Å². The molecule has 0 amide bonds. The highest BCUT2D eigenvalue weighted by molar-refractivity contribution is 5.79. The van der Waals surface area contributed by atoms with Crippen LogP contribution in [0.4, 0.5) is 4.48 Å². The van der Waals surface area contributed by atoms with Crippen molar-refractivity contribution in [3.63, 3.8) is 0 Å². The smallest absolute Gasteiger partial charge is 0.163 e. The van der Waals surface area contributed by atoms with Gasteiger partial charge in [0.25, 0.3) is 0 Å². The normalized spacial score (nSPS) is 11.4. The summed E-state index contributed by atoms with van der Waals surface area (Å²) in [7, 11) is 0. The SMILES string of the molecule is Fn1c(C=Cc2ccccc2)nc2ccccc21.